The van der Waals surface area contributed by atoms with Crippen LogP contribution < -0.4 is 5.32 Å². The molecule has 8 heteroatoms. The average molecular weight is 580 g/mol. The molecule has 4 nitrogen and oxygen atoms in total. The molecule has 0 saturated carbocycles. The molecule has 3 rings (SSSR count). The van der Waals surface area contributed by atoms with Gasteiger partial charge < -0.3 is 10.4 Å². The summed E-state index contributed by atoms with van der Waals surface area (Å²) in [6, 6.07) is 11.1. The first kappa shape index (κ1) is 18.0. The van der Waals surface area contributed by atoms with Crippen molar-refractivity contribution in [2.75, 3.05) is 0 Å². The predicted molar refractivity (Wildman–Crippen MR) is 113 cm³/mol. The van der Waals surface area contributed by atoms with Crippen molar-refractivity contribution in [3.8, 4) is 5.75 Å². The summed E-state index contributed by atoms with van der Waals surface area (Å²) in [6.07, 6.45) is 1.66. The maximum atomic E-state index is 12.1. The molecule has 24 heavy (non-hydrogen) atoms. The summed E-state index contributed by atoms with van der Waals surface area (Å²) in [7, 11) is 0. The van der Waals surface area contributed by atoms with E-state index in [0.29, 0.717) is 19.2 Å². The summed E-state index contributed by atoms with van der Waals surface area (Å²) in [4.78, 5) is 17.0. The van der Waals surface area contributed by atoms with E-state index in [2.05, 4.69) is 42.2 Å². The van der Waals surface area contributed by atoms with Gasteiger partial charge >= 0.3 is 0 Å². The monoisotopic (exact) mass is 578 g/mol. The highest BCUT2D eigenvalue weighted by Crippen LogP contribution is 2.34. The molecule has 0 bridgehead atoms. The highest BCUT2D eigenvalue weighted by Gasteiger charge is 2.24. The molecule has 1 aliphatic rings. The Kier molecular flexibility index (Phi) is 5.68. The maximum Gasteiger partial charge on any atom is 0.264 e. The van der Waals surface area contributed by atoms with Crippen molar-refractivity contribution < 1.29 is 9.90 Å². The van der Waals surface area contributed by atoms with Crippen LogP contribution in [0.5, 0.6) is 5.75 Å². The van der Waals surface area contributed by atoms with Gasteiger partial charge in [-0.15, -0.1) is 0 Å². The predicted octanol–water partition coefficient (Wildman–Crippen LogP) is 5.41. The van der Waals surface area contributed by atoms with Crippen LogP contribution in [0.1, 0.15) is 5.56 Å². The Morgan fingerprint density at radius 3 is 2.75 bits per heavy atom. The van der Waals surface area contributed by atoms with Gasteiger partial charge in [-0.3, -0.25) is 4.79 Å². The number of benzene rings is 2. The minimum Gasteiger partial charge on any atom is -0.506 e. The fraction of sp³-hybridized carbons (Fsp3) is 0. The molecule has 1 saturated heterocycles. The van der Waals surface area contributed by atoms with Crippen LogP contribution in [-0.2, 0) is 4.79 Å². The van der Waals surface area contributed by atoms with Gasteiger partial charge in [0.2, 0.25) is 0 Å². The number of carbonyl (C=O) groups excluding carboxylic acids is 1. The Bertz CT molecular complexity index is 900. The third-order valence-corrected chi connectivity index (χ3v) is 5.72. The van der Waals surface area contributed by atoms with E-state index in [-0.39, 0.29) is 11.7 Å². The van der Waals surface area contributed by atoms with Crippen LogP contribution in [0, 0.1) is 3.57 Å². The number of nitrogens with one attached hydrogen (secondary N) is 1. The quantitative estimate of drug-likeness (QED) is 0.369. The number of hydrogen-bond donors (Lipinski definition) is 2. The Labute approximate surface area is 173 Å². The summed E-state index contributed by atoms with van der Waals surface area (Å²) in [5.41, 5.74) is 1.32. The van der Waals surface area contributed by atoms with Crippen molar-refractivity contribution in [3.63, 3.8) is 0 Å². The lowest BCUT2D eigenvalue weighted by atomic mass is 10.2. The minimum absolute atomic E-state index is 0.150. The Hall–Kier alpha value is -0.840. The van der Waals surface area contributed by atoms with E-state index in [1.165, 1.54) is 11.8 Å². The summed E-state index contributed by atoms with van der Waals surface area (Å²) in [5, 5.41) is 13.4. The van der Waals surface area contributed by atoms with Crippen molar-refractivity contribution in [3.05, 3.63) is 59.4 Å². The number of amides is 1. The SMILES string of the molecule is O=C1NC(=Nc2cccc(Br)c2)S/C1=C/c1cc(Br)cc(I)c1O. The first-order valence-corrected chi connectivity index (χ1v) is 10.1. The minimum atomic E-state index is -0.233. The molecule has 1 fully saturated rings. The van der Waals surface area contributed by atoms with Crippen molar-refractivity contribution in [2.24, 2.45) is 4.99 Å². The number of aromatic hydroxyl groups is 1. The molecule has 0 radical (unpaired) electrons. The second-order valence-electron chi connectivity index (χ2n) is 4.79. The summed E-state index contributed by atoms with van der Waals surface area (Å²) in [5.74, 6) is -0.0831. The van der Waals surface area contributed by atoms with Crippen molar-refractivity contribution in [1.29, 1.82) is 0 Å². The zero-order valence-corrected chi connectivity index (χ0v) is 18.0. The number of carbonyl (C=O) groups is 1. The molecule has 2 aromatic rings. The number of phenols is 1. The number of thioether (sulfide) groups is 1. The zero-order chi connectivity index (χ0) is 17.3. The number of aliphatic imine (C=N–C) groups is 1. The Balaban J connectivity index is 1.90. The molecule has 1 aliphatic heterocycles. The molecule has 2 aromatic carbocycles. The standard InChI is InChI=1S/C16H9Br2IN2O2S/c17-9-2-1-3-11(6-9)20-16-21-15(23)13(24-16)5-8-4-10(18)7-12(19)14(8)22/h1-7,22H,(H,20,21,23)/b13-5+. The van der Waals surface area contributed by atoms with E-state index >= 15 is 0 Å². The number of amidine groups is 1. The second-order valence-corrected chi connectivity index (χ2v) is 8.81. The van der Waals surface area contributed by atoms with Gasteiger partial charge in [0.05, 0.1) is 14.2 Å². The molecule has 1 heterocycles. The molecule has 1 amide bonds. The summed E-state index contributed by atoms with van der Waals surface area (Å²) >= 11 is 10.1. The smallest absolute Gasteiger partial charge is 0.264 e. The van der Waals surface area contributed by atoms with Gasteiger partial charge in [-0.1, -0.05) is 37.9 Å². The van der Waals surface area contributed by atoms with E-state index in [9.17, 15) is 9.90 Å². The number of halogens is 3. The molecular formula is C16H9Br2IN2O2S. The maximum absolute atomic E-state index is 12.1. The van der Waals surface area contributed by atoms with Gasteiger partial charge in [0.1, 0.15) is 5.75 Å². The van der Waals surface area contributed by atoms with Crippen LogP contribution in [0.15, 0.2) is 55.2 Å². The van der Waals surface area contributed by atoms with Gasteiger partial charge in [0.25, 0.3) is 5.91 Å². The summed E-state index contributed by atoms with van der Waals surface area (Å²) < 4.78 is 2.46. The molecule has 0 spiro atoms. The average Bonchev–Trinajstić information content (AvgIpc) is 2.84. The van der Waals surface area contributed by atoms with E-state index in [1.54, 1.807) is 18.2 Å². The lowest BCUT2D eigenvalue weighted by Crippen LogP contribution is -2.19. The fourth-order valence-electron chi connectivity index (χ4n) is 1.98. The largest absolute Gasteiger partial charge is 0.506 e. The van der Waals surface area contributed by atoms with E-state index in [4.69, 9.17) is 0 Å². The zero-order valence-electron chi connectivity index (χ0n) is 11.9. The topological polar surface area (TPSA) is 61.7 Å². The van der Waals surface area contributed by atoms with Gasteiger partial charge in [-0.2, -0.15) is 0 Å². The lowest BCUT2D eigenvalue weighted by Gasteiger charge is -2.03. The number of rotatable bonds is 2. The third-order valence-electron chi connectivity index (χ3n) is 3.03. The Morgan fingerprint density at radius 2 is 2.00 bits per heavy atom. The van der Waals surface area contributed by atoms with E-state index < -0.39 is 0 Å². The number of nitrogens with zero attached hydrogens (tertiary/aromatic N) is 1. The van der Waals surface area contributed by atoms with Gasteiger partial charge in [0.15, 0.2) is 5.17 Å². The molecular weight excluding hydrogens is 571 g/mol. The third kappa shape index (κ3) is 4.22. The fourth-order valence-corrected chi connectivity index (χ4v) is 4.75. The molecule has 0 unspecified atom stereocenters. The van der Waals surface area contributed by atoms with Crippen LogP contribution in [-0.4, -0.2) is 16.2 Å². The Morgan fingerprint density at radius 1 is 1.21 bits per heavy atom. The van der Waals surface area contributed by atoms with E-state index in [1.807, 2.05) is 46.9 Å². The molecule has 0 aliphatic carbocycles. The molecule has 122 valence electrons. The van der Waals surface area contributed by atoms with E-state index in [0.717, 1.165) is 14.6 Å². The first-order valence-electron chi connectivity index (χ1n) is 6.65. The van der Waals surface area contributed by atoms with Crippen LogP contribution in [0.4, 0.5) is 5.69 Å². The van der Waals surface area contributed by atoms with Crippen LogP contribution in [0.2, 0.25) is 0 Å². The molecule has 0 atom stereocenters. The van der Waals surface area contributed by atoms with Gasteiger partial charge in [-0.05, 0) is 70.8 Å². The van der Waals surface area contributed by atoms with Gasteiger partial charge in [-0.25, -0.2) is 4.99 Å². The molecule has 2 N–H and O–H groups in total. The van der Waals surface area contributed by atoms with Gasteiger partial charge in [0, 0.05) is 14.5 Å². The second kappa shape index (κ2) is 7.59. The van der Waals surface area contributed by atoms with Crippen LogP contribution >= 0.6 is 66.2 Å². The molecule has 0 aromatic heterocycles. The van der Waals surface area contributed by atoms with Crippen LogP contribution in [0.3, 0.4) is 0 Å². The lowest BCUT2D eigenvalue weighted by molar-refractivity contribution is -0.115. The summed E-state index contributed by atoms with van der Waals surface area (Å²) in [6.45, 7) is 0. The highest BCUT2D eigenvalue weighted by molar-refractivity contribution is 14.1. The number of hydrogen-bond acceptors (Lipinski definition) is 4. The van der Waals surface area contributed by atoms with Crippen molar-refractivity contribution >= 4 is 89.1 Å². The van der Waals surface area contributed by atoms with Crippen LogP contribution in [0.25, 0.3) is 6.08 Å². The first-order chi connectivity index (χ1) is 11.4. The highest BCUT2D eigenvalue weighted by atomic mass is 127. The van der Waals surface area contributed by atoms with Crippen molar-refractivity contribution in [2.45, 2.75) is 0 Å². The van der Waals surface area contributed by atoms with Crippen molar-refractivity contribution in [1.82, 2.24) is 5.32 Å². The normalized spacial score (nSPS) is 17.5. The number of phenolic OH excluding ortho intramolecular Hbond substituents is 1.